The summed E-state index contributed by atoms with van der Waals surface area (Å²) in [5.74, 6) is 0.696. The second kappa shape index (κ2) is 4.67. The van der Waals surface area contributed by atoms with Crippen molar-refractivity contribution in [3.63, 3.8) is 0 Å². The van der Waals surface area contributed by atoms with Gasteiger partial charge in [0.05, 0.1) is 0 Å². The van der Waals surface area contributed by atoms with Crippen LogP contribution in [0.2, 0.25) is 0 Å². The zero-order valence-corrected chi connectivity index (χ0v) is 7.75. The van der Waals surface area contributed by atoms with E-state index in [0.29, 0.717) is 5.75 Å². The molecule has 0 aliphatic rings. The second-order valence-electron chi connectivity index (χ2n) is 2.48. The van der Waals surface area contributed by atoms with Crippen molar-refractivity contribution in [3.05, 3.63) is 42.5 Å². The molecule has 3 heteroatoms. The first-order valence-corrected chi connectivity index (χ1v) is 4.13. The number of para-hydroxylation sites is 1. The van der Waals surface area contributed by atoms with Gasteiger partial charge < -0.3 is 4.74 Å². The van der Waals surface area contributed by atoms with Gasteiger partial charge in [-0.25, -0.2) is 0 Å². The van der Waals surface area contributed by atoms with Crippen LogP contribution < -0.4 is 4.74 Å². The molecule has 0 bridgehead atoms. The molecule has 0 N–H and O–H groups in total. The maximum absolute atomic E-state index is 10.6. The van der Waals surface area contributed by atoms with Gasteiger partial charge in [-0.15, -0.1) is 0 Å². The van der Waals surface area contributed by atoms with Gasteiger partial charge in [-0.1, -0.05) is 24.8 Å². The lowest BCUT2D eigenvalue weighted by Crippen LogP contribution is -2.04. The quantitative estimate of drug-likeness (QED) is 0.546. The fourth-order valence-electron chi connectivity index (χ4n) is 0.744. The molecule has 0 aliphatic carbocycles. The maximum Gasteiger partial charge on any atom is 0.251 e. The number of carbonyl (C=O) groups is 1. The van der Waals surface area contributed by atoms with E-state index in [1.54, 1.807) is 12.1 Å². The molecule has 2 nitrogen and oxygen atoms in total. The van der Waals surface area contributed by atoms with Crippen LogP contribution in [0.3, 0.4) is 0 Å². The molecule has 1 aromatic carbocycles. The summed E-state index contributed by atoms with van der Waals surface area (Å²) in [6.07, 6.45) is 0. The van der Waals surface area contributed by atoms with Gasteiger partial charge in [-0.05, 0) is 23.7 Å². The SMILES string of the molecule is C=C(COc1ccccc1)C(=O)Cl. The Morgan fingerprint density at radius 1 is 1.38 bits per heavy atom. The van der Waals surface area contributed by atoms with Crippen molar-refractivity contribution in [2.24, 2.45) is 0 Å². The van der Waals surface area contributed by atoms with E-state index in [1.807, 2.05) is 18.2 Å². The number of ether oxygens (including phenoxy) is 1. The lowest BCUT2D eigenvalue weighted by Gasteiger charge is -2.04. The van der Waals surface area contributed by atoms with Crippen molar-refractivity contribution in [3.8, 4) is 5.75 Å². The molecule has 0 aliphatic heterocycles. The second-order valence-corrected chi connectivity index (χ2v) is 2.82. The molecule has 0 saturated carbocycles. The van der Waals surface area contributed by atoms with E-state index in [2.05, 4.69) is 6.58 Å². The van der Waals surface area contributed by atoms with Crippen molar-refractivity contribution in [1.82, 2.24) is 0 Å². The van der Waals surface area contributed by atoms with Crippen LogP contribution in [-0.4, -0.2) is 11.8 Å². The molecule has 0 radical (unpaired) electrons. The van der Waals surface area contributed by atoms with Crippen LogP contribution in [0.15, 0.2) is 42.5 Å². The lowest BCUT2D eigenvalue weighted by atomic mass is 10.3. The summed E-state index contributed by atoms with van der Waals surface area (Å²) >= 11 is 5.18. The first-order chi connectivity index (χ1) is 6.20. The molecule has 68 valence electrons. The molecule has 0 amide bonds. The molecule has 0 aromatic heterocycles. The Balaban J connectivity index is 2.44. The van der Waals surface area contributed by atoms with E-state index < -0.39 is 5.24 Å². The predicted octanol–water partition coefficient (Wildman–Crippen LogP) is 2.39. The van der Waals surface area contributed by atoms with Crippen molar-refractivity contribution in [2.45, 2.75) is 0 Å². The maximum atomic E-state index is 10.6. The summed E-state index contributed by atoms with van der Waals surface area (Å²) in [4.78, 5) is 10.6. The van der Waals surface area contributed by atoms with Crippen LogP contribution in [-0.2, 0) is 4.79 Å². The van der Waals surface area contributed by atoms with E-state index in [9.17, 15) is 4.79 Å². The Labute approximate surface area is 81.8 Å². The topological polar surface area (TPSA) is 26.3 Å². The van der Waals surface area contributed by atoms with E-state index in [1.165, 1.54) is 0 Å². The fourth-order valence-corrected chi connectivity index (χ4v) is 0.798. The normalized spacial score (nSPS) is 9.31. The van der Waals surface area contributed by atoms with Crippen molar-refractivity contribution < 1.29 is 9.53 Å². The highest BCUT2D eigenvalue weighted by Gasteiger charge is 2.02. The minimum absolute atomic E-state index is 0.131. The van der Waals surface area contributed by atoms with E-state index in [0.717, 1.165) is 0 Å². The molecule has 0 atom stereocenters. The predicted molar refractivity (Wildman–Crippen MR) is 51.9 cm³/mol. The molecule has 0 unspecified atom stereocenters. The third-order valence-electron chi connectivity index (χ3n) is 1.43. The number of hydrogen-bond donors (Lipinski definition) is 0. The van der Waals surface area contributed by atoms with Gasteiger partial charge in [0.2, 0.25) is 0 Å². The third-order valence-corrected chi connectivity index (χ3v) is 1.70. The summed E-state index contributed by atoms with van der Waals surface area (Å²) < 4.78 is 5.22. The summed E-state index contributed by atoms with van der Waals surface area (Å²) in [6, 6.07) is 9.17. The third kappa shape index (κ3) is 3.30. The van der Waals surface area contributed by atoms with Gasteiger partial charge >= 0.3 is 0 Å². The van der Waals surface area contributed by atoms with Crippen LogP contribution in [0.4, 0.5) is 0 Å². The number of rotatable bonds is 4. The van der Waals surface area contributed by atoms with Crippen LogP contribution in [0.5, 0.6) is 5.75 Å². The van der Waals surface area contributed by atoms with Crippen LogP contribution in [0.25, 0.3) is 0 Å². The van der Waals surface area contributed by atoms with Crippen molar-refractivity contribution in [2.75, 3.05) is 6.61 Å². The molecule has 0 spiro atoms. The largest absolute Gasteiger partial charge is 0.489 e. The molecule has 13 heavy (non-hydrogen) atoms. The van der Waals surface area contributed by atoms with Gasteiger partial charge in [-0.3, -0.25) is 4.79 Å². The Morgan fingerprint density at radius 2 is 2.00 bits per heavy atom. The summed E-state index contributed by atoms with van der Waals surface area (Å²) in [5.41, 5.74) is 0.255. The first kappa shape index (κ1) is 9.81. The number of benzene rings is 1. The van der Waals surface area contributed by atoms with Crippen molar-refractivity contribution in [1.29, 1.82) is 0 Å². The van der Waals surface area contributed by atoms with Gasteiger partial charge in [0.15, 0.2) is 0 Å². The monoisotopic (exact) mass is 196 g/mol. The van der Waals surface area contributed by atoms with Gasteiger partial charge in [0.1, 0.15) is 12.4 Å². The molecule has 0 saturated heterocycles. The van der Waals surface area contributed by atoms with Crippen LogP contribution >= 0.6 is 11.6 Å². The summed E-state index contributed by atoms with van der Waals surface area (Å²) in [5, 5.41) is -0.559. The Bertz CT molecular complexity index is 306. The molecular weight excluding hydrogens is 188 g/mol. The Hall–Kier alpha value is -1.28. The molecule has 0 fully saturated rings. The molecule has 0 heterocycles. The molecule has 1 rings (SSSR count). The van der Waals surface area contributed by atoms with Gasteiger partial charge in [-0.2, -0.15) is 0 Å². The van der Waals surface area contributed by atoms with Gasteiger partial charge in [0.25, 0.3) is 5.24 Å². The molecular formula is C10H9ClO2. The highest BCUT2D eigenvalue weighted by Crippen LogP contribution is 2.09. The smallest absolute Gasteiger partial charge is 0.251 e. The zero-order valence-electron chi connectivity index (χ0n) is 7.00. The Morgan fingerprint density at radius 3 is 2.54 bits per heavy atom. The summed E-state index contributed by atoms with van der Waals surface area (Å²) in [7, 11) is 0. The first-order valence-electron chi connectivity index (χ1n) is 3.75. The fraction of sp³-hybridized carbons (Fsp3) is 0.100. The van der Waals surface area contributed by atoms with Gasteiger partial charge in [0, 0.05) is 5.57 Å². The van der Waals surface area contributed by atoms with E-state index in [4.69, 9.17) is 16.3 Å². The van der Waals surface area contributed by atoms with Crippen LogP contribution in [0.1, 0.15) is 0 Å². The zero-order chi connectivity index (χ0) is 9.68. The number of halogens is 1. The summed E-state index contributed by atoms with van der Waals surface area (Å²) in [6.45, 7) is 3.59. The molecule has 1 aromatic rings. The number of carbonyl (C=O) groups excluding carboxylic acids is 1. The Kier molecular flexibility index (Phi) is 3.53. The van der Waals surface area contributed by atoms with Crippen molar-refractivity contribution >= 4 is 16.8 Å². The standard InChI is InChI=1S/C10H9ClO2/c1-8(10(11)12)7-13-9-5-3-2-4-6-9/h2-6H,1,7H2. The van der Waals surface area contributed by atoms with Crippen LogP contribution in [0, 0.1) is 0 Å². The lowest BCUT2D eigenvalue weighted by molar-refractivity contribution is -0.108. The highest BCUT2D eigenvalue weighted by molar-refractivity contribution is 6.67. The average molecular weight is 197 g/mol. The number of hydrogen-bond acceptors (Lipinski definition) is 2. The van der Waals surface area contributed by atoms with E-state index in [-0.39, 0.29) is 12.2 Å². The minimum Gasteiger partial charge on any atom is -0.489 e. The highest BCUT2D eigenvalue weighted by atomic mass is 35.5. The minimum atomic E-state index is -0.559. The van der Waals surface area contributed by atoms with E-state index >= 15 is 0 Å². The average Bonchev–Trinajstić information content (AvgIpc) is 2.15.